The maximum Gasteiger partial charge on any atom is 0.306 e. The highest BCUT2D eigenvalue weighted by atomic mass is 16.5. The van der Waals surface area contributed by atoms with Crippen molar-refractivity contribution in [2.45, 2.75) is 45.1 Å². The van der Waals surface area contributed by atoms with Gasteiger partial charge in [0.1, 0.15) is 5.76 Å². The molecule has 0 bridgehead atoms. The molecule has 0 spiro atoms. The summed E-state index contributed by atoms with van der Waals surface area (Å²) in [5.41, 5.74) is 0.252. The first-order valence-electron chi connectivity index (χ1n) is 6.47. The van der Waals surface area contributed by atoms with Gasteiger partial charge in [-0.2, -0.15) is 0 Å². The fraction of sp³-hybridized carbons (Fsp3) is 0.615. The molecule has 1 aliphatic rings. The molecule has 2 atom stereocenters. The zero-order valence-corrected chi connectivity index (χ0v) is 11.0. The van der Waals surface area contributed by atoms with Crippen molar-refractivity contribution < 1.29 is 19.2 Å². The Morgan fingerprint density at radius 3 is 2.74 bits per heavy atom. The quantitative estimate of drug-likeness (QED) is 0.866. The number of rotatable bonds is 4. The van der Waals surface area contributed by atoms with Gasteiger partial charge in [0.25, 0.3) is 5.91 Å². The van der Waals surface area contributed by atoms with Gasteiger partial charge in [0, 0.05) is 18.0 Å². The van der Waals surface area contributed by atoms with Crippen molar-refractivity contribution in [2.24, 2.45) is 5.92 Å². The van der Waals surface area contributed by atoms with Crippen LogP contribution in [0.2, 0.25) is 0 Å². The molecule has 0 aliphatic heterocycles. The van der Waals surface area contributed by atoms with Crippen molar-refractivity contribution in [2.75, 3.05) is 0 Å². The van der Waals surface area contributed by atoms with Crippen LogP contribution < -0.4 is 5.32 Å². The van der Waals surface area contributed by atoms with Gasteiger partial charge in [-0.25, -0.2) is 0 Å². The first-order chi connectivity index (χ1) is 8.97. The van der Waals surface area contributed by atoms with E-state index in [0.717, 1.165) is 0 Å². The van der Waals surface area contributed by atoms with Gasteiger partial charge < -0.3 is 14.9 Å². The van der Waals surface area contributed by atoms with E-state index in [4.69, 9.17) is 9.63 Å². The molecular formula is C13H18N2O4. The van der Waals surface area contributed by atoms with E-state index in [1.165, 1.54) is 0 Å². The standard InChI is InChI=1S/C13H18N2O4/c1-7(2)11-6-10(15-19-11)12(16)14-9-4-3-8(5-9)13(17)18/h6-9H,3-5H2,1-2H3,(H,14,16)(H,17,18)/t8-,9+/m1/s1. The maximum atomic E-state index is 11.9. The first kappa shape index (κ1) is 13.6. The number of nitrogens with zero attached hydrogens (tertiary/aromatic N) is 1. The molecule has 1 aromatic heterocycles. The number of carbonyl (C=O) groups is 2. The number of carboxylic acids is 1. The molecule has 1 fully saturated rings. The summed E-state index contributed by atoms with van der Waals surface area (Å²) in [7, 11) is 0. The van der Waals surface area contributed by atoms with Gasteiger partial charge in [0.15, 0.2) is 5.69 Å². The Bertz CT molecular complexity index is 481. The lowest BCUT2D eigenvalue weighted by Gasteiger charge is -2.10. The van der Waals surface area contributed by atoms with Crippen LogP contribution in [0.5, 0.6) is 0 Å². The Kier molecular flexibility index (Phi) is 3.87. The Morgan fingerprint density at radius 2 is 2.21 bits per heavy atom. The predicted octanol–water partition coefficient (Wildman–Crippen LogP) is 1.78. The first-order valence-corrected chi connectivity index (χ1v) is 6.47. The van der Waals surface area contributed by atoms with Crippen LogP contribution in [0.4, 0.5) is 0 Å². The van der Waals surface area contributed by atoms with Crippen LogP contribution in [0.15, 0.2) is 10.6 Å². The highest BCUT2D eigenvalue weighted by Gasteiger charge is 2.31. The molecule has 2 rings (SSSR count). The van der Waals surface area contributed by atoms with E-state index < -0.39 is 5.97 Å². The molecule has 0 radical (unpaired) electrons. The fourth-order valence-corrected chi connectivity index (χ4v) is 2.26. The minimum atomic E-state index is -0.791. The largest absolute Gasteiger partial charge is 0.481 e. The van der Waals surface area contributed by atoms with E-state index in [1.54, 1.807) is 6.07 Å². The van der Waals surface area contributed by atoms with Gasteiger partial charge >= 0.3 is 5.97 Å². The number of hydrogen-bond donors (Lipinski definition) is 2. The molecule has 1 aliphatic carbocycles. The summed E-state index contributed by atoms with van der Waals surface area (Å²) in [4.78, 5) is 22.8. The summed E-state index contributed by atoms with van der Waals surface area (Å²) >= 11 is 0. The molecule has 1 heterocycles. The lowest BCUT2D eigenvalue weighted by Crippen LogP contribution is -2.33. The maximum absolute atomic E-state index is 11.9. The minimum absolute atomic E-state index is 0.0900. The van der Waals surface area contributed by atoms with E-state index in [2.05, 4.69) is 10.5 Å². The number of nitrogens with one attached hydrogen (secondary N) is 1. The molecule has 1 aromatic rings. The van der Waals surface area contributed by atoms with E-state index in [0.29, 0.717) is 25.0 Å². The zero-order chi connectivity index (χ0) is 14.0. The lowest BCUT2D eigenvalue weighted by atomic mass is 10.1. The van der Waals surface area contributed by atoms with Crippen molar-refractivity contribution in [3.05, 3.63) is 17.5 Å². The number of hydrogen-bond acceptors (Lipinski definition) is 4. The summed E-state index contributed by atoms with van der Waals surface area (Å²) in [6, 6.07) is 1.54. The van der Waals surface area contributed by atoms with Gasteiger partial charge in [0.05, 0.1) is 5.92 Å². The van der Waals surface area contributed by atoms with Crippen LogP contribution in [0.25, 0.3) is 0 Å². The van der Waals surface area contributed by atoms with Crippen LogP contribution in [0.1, 0.15) is 55.3 Å². The molecule has 19 heavy (non-hydrogen) atoms. The van der Waals surface area contributed by atoms with Gasteiger partial charge in [-0.1, -0.05) is 19.0 Å². The molecule has 0 aromatic carbocycles. The normalized spacial score (nSPS) is 22.7. The number of aliphatic carboxylic acids is 1. The molecule has 0 unspecified atom stereocenters. The summed E-state index contributed by atoms with van der Waals surface area (Å²) in [5, 5.41) is 15.4. The van der Waals surface area contributed by atoms with E-state index in [1.807, 2.05) is 13.8 Å². The van der Waals surface area contributed by atoms with E-state index in [-0.39, 0.29) is 29.5 Å². The molecule has 6 nitrogen and oxygen atoms in total. The van der Waals surface area contributed by atoms with Crippen LogP contribution in [0, 0.1) is 5.92 Å². The SMILES string of the molecule is CC(C)c1cc(C(=O)N[C@H]2CC[C@@H](C(=O)O)C2)no1. The molecule has 0 saturated heterocycles. The average Bonchev–Trinajstić information content (AvgIpc) is 2.96. The van der Waals surface area contributed by atoms with Crippen LogP contribution >= 0.6 is 0 Å². The summed E-state index contributed by atoms with van der Waals surface area (Å²) in [6.07, 6.45) is 1.78. The molecule has 6 heteroatoms. The number of carboxylic acid groups (broad SMARTS) is 1. The van der Waals surface area contributed by atoms with Crippen LogP contribution in [-0.4, -0.2) is 28.2 Å². The van der Waals surface area contributed by atoms with Crippen molar-refractivity contribution in [3.8, 4) is 0 Å². The smallest absolute Gasteiger partial charge is 0.306 e. The molecule has 2 N–H and O–H groups in total. The van der Waals surface area contributed by atoms with Crippen molar-refractivity contribution in [1.82, 2.24) is 10.5 Å². The van der Waals surface area contributed by atoms with Gasteiger partial charge in [-0.05, 0) is 19.3 Å². The number of carbonyl (C=O) groups excluding carboxylic acids is 1. The third-order valence-corrected chi connectivity index (χ3v) is 3.45. The lowest BCUT2D eigenvalue weighted by molar-refractivity contribution is -0.141. The van der Waals surface area contributed by atoms with Gasteiger partial charge in [-0.3, -0.25) is 9.59 Å². The molecule has 1 saturated carbocycles. The van der Waals surface area contributed by atoms with Gasteiger partial charge in [-0.15, -0.1) is 0 Å². The van der Waals surface area contributed by atoms with E-state index in [9.17, 15) is 9.59 Å². The third-order valence-electron chi connectivity index (χ3n) is 3.45. The third kappa shape index (κ3) is 3.13. The average molecular weight is 266 g/mol. The Labute approximate surface area is 111 Å². The highest BCUT2D eigenvalue weighted by molar-refractivity contribution is 5.92. The van der Waals surface area contributed by atoms with Crippen LogP contribution in [0.3, 0.4) is 0 Å². The molecular weight excluding hydrogens is 248 g/mol. The van der Waals surface area contributed by atoms with Crippen molar-refractivity contribution in [1.29, 1.82) is 0 Å². The van der Waals surface area contributed by atoms with E-state index >= 15 is 0 Å². The fourth-order valence-electron chi connectivity index (χ4n) is 2.26. The topological polar surface area (TPSA) is 92.4 Å². The zero-order valence-electron chi connectivity index (χ0n) is 11.0. The monoisotopic (exact) mass is 266 g/mol. The van der Waals surface area contributed by atoms with Gasteiger partial charge in [0.2, 0.25) is 0 Å². The Morgan fingerprint density at radius 1 is 1.47 bits per heavy atom. The molecule has 1 amide bonds. The Balaban J connectivity index is 1.92. The van der Waals surface area contributed by atoms with Crippen molar-refractivity contribution in [3.63, 3.8) is 0 Å². The second-order valence-corrected chi connectivity index (χ2v) is 5.29. The molecule has 104 valence electrons. The number of amides is 1. The van der Waals surface area contributed by atoms with Crippen molar-refractivity contribution >= 4 is 11.9 Å². The summed E-state index contributed by atoms with van der Waals surface area (Å²) < 4.78 is 5.07. The highest BCUT2D eigenvalue weighted by Crippen LogP contribution is 2.26. The minimum Gasteiger partial charge on any atom is -0.481 e. The second-order valence-electron chi connectivity index (χ2n) is 5.29. The van der Waals surface area contributed by atoms with Crippen LogP contribution in [-0.2, 0) is 4.79 Å². The Hall–Kier alpha value is -1.85. The summed E-state index contributed by atoms with van der Waals surface area (Å²) in [6.45, 7) is 3.91. The second kappa shape index (κ2) is 5.42. The number of aromatic nitrogens is 1. The predicted molar refractivity (Wildman–Crippen MR) is 66.8 cm³/mol. The summed E-state index contributed by atoms with van der Waals surface area (Å²) in [5.74, 6) is -0.599.